The van der Waals surface area contributed by atoms with Gasteiger partial charge in [0.1, 0.15) is 5.82 Å². The molecule has 5 heterocycles. The van der Waals surface area contributed by atoms with Gasteiger partial charge in [-0.3, -0.25) is 0 Å². The van der Waals surface area contributed by atoms with Crippen molar-refractivity contribution < 1.29 is 27.0 Å². The lowest BCUT2D eigenvalue weighted by atomic mass is 10.1. The van der Waals surface area contributed by atoms with Crippen molar-refractivity contribution in [2.75, 3.05) is 41.8 Å². The van der Waals surface area contributed by atoms with Gasteiger partial charge in [0.25, 0.3) is 0 Å². The van der Waals surface area contributed by atoms with Crippen molar-refractivity contribution >= 4 is 17.6 Å². The molecular formula is C20H22F4N6O2. The van der Waals surface area contributed by atoms with Crippen molar-refractivity contribution in [3.8, 4) is 17.0 Å². The number of nitrogens with two attached hydrogens (primary N) is 1. The van der Waals surface area contributed by atoms with E-state index in [1.165, 1.54) is 12.3 Å². The van der Waals surface area contributed by atoms with Crippen LogP contribution in [0, 0.1) is 5.92 Å². The van der Waals surface area contributed by atoms with Crippen LogP contribution in [0.1, 0.15) is 12.8 Å². The molecule has 0 spiro atoms. The Morgan fingerprint density at radius 1 is 1.16 bits per heavy atom. The molecule has 12 heteroatoms. The Morgan fingerprint density at radius 3 is 2.66 bits per heavy atom. The van der Waals surface area contributed by atoms with Crippen molar-refractivity contribution in [2.24, 2.45) is 5.92 Å². The van der Waals surface area contributed by atoms with Crippen LogP contribution >= 0.6 is 0 Å². The average Bonchev–Trinajstić information content (AvgIpc) is 3.51. The molecule has 0 saturated carbocycles. The molecule has 5 rings (SSSR count). The lowest BCUT2D eigenvalue weighted by molar-refractivity contribution is -0.0494. The van der Waals surface area contributed by atoms with Crippen molar-refractivity contribution in [3.63, 3.8) is 0 Å². The lowest BCUT2D eigenvalue weighted by Gasteiger charge is -2.29. The van der Waals surface area contributed by atoms with E-state index >= 15 is 0 Å². The highest BCUT2D eigenvalue weighted by Gasteiger charge is 2.40. The van der Waals surface area contributed by atoms with Crippen molar-refractivity contribution in [1.82, 2.24) is 15.0 Å². The zero-order valence-corrected chi connectivity index (χ0v) is 17.0. The molecule has 3 fully saturated rings. The van der Waals surface area contributed by atoms with Crippen LogP contribution in [-0.4, -0.2) is 66.4 Å². The molecule has 3 saturated heterocycles. The zero-order valence-electron chi connectivity index (χ0n) is 17.0. The van der Waals surface area contributed by atoms with E-state index in [2.05, 4.69) is 24.6 Å². The largest absolute Gasteiger partial charge is 0.431 e. The van der Waals surface area contributed by atoms with Gasteiger partial charge in [0.2, 0.25) is 12.4 Å². The summed E-state index contributed by atoms with van der Waals surface area (Å²) in [6, 6.07) is 3.25. The standard InChI is InChI=1S/C20H22F4N6O2/c21-17(22)10-1-2-29(7-10)20-27-14(11-3-15(32-19(23)24)18(25)26-6-11)5-16(28-20)30-8-13-4-12(30)9-31-13/h3,5-6,10,12-13,17,19H,1-2,4,7-9H2,(H2,25,26)/t10?,12-,13-/m0/s1. The minimum absolute atomic E-state index is 0.126. The topological polar surface area (TPSA) is 89.6 Å². The van der Waals surface area contributed by atoms with Gasteiger partial charge in [0, 0.05) is 43.4 Å². The fourth-order valence-corrected chi connectivity index (χ4v) is 4.50. The summed E-state index contributed by atoms with van der Waals surface area (Å²) in [6.07, 6.45) is 0.361. The molecular weight excluding hydrogens is 432 g/mol. The van der Waals surface area contributed by atoms with Crippen molar-refractivity contribution in [3.05, 3.63) is 18.3 Å². The maximum atomic E-state index is 13.2. The van der Waals surface area contributed by atoms with Crippen LogP contribution in [0.3, 0.4) is 0 Å². The summed E-state index contributed by atoms with van der Waals surface area (Å²) >= 11 is 0. The van der Waals surface area contributed by atoms with Gasteiger partial charge < -0.3 is 25.0 Å². The normalized spacial score (nSPS) is 24.9. The number of rotatable bonds is 6. The summed E-state index contributed by atoms with van der Waals surface area (Å²) in [4.78, 5) is 17.0. The molecule has 0 aliphatic carbocycles. The smallest absolute Gasteiger partial charge is 0.387 e. The Balaban J connectivity index is 1.53. The number of pyridine rings is 1. The Hall–Kier alpha value is -2.89. The van der Waals surface area contributed by atoms with E-state index in [1.807, 2.05) is 0 Å². The minimum Gasteiger partial charge on any atom is -0.431 e. The van der Waals surface area contributed by atoms with Gasteiger partial charge in [-0.25, -0.2) is 18.7 Å². The van der Waals surface area contributed by atoms with Gasteiger partial charge in [-0.1, -0.05) is 0 Å². The van der Waals surface area contributed by atoms with Crippen LogP contribution in [-0.2, 0) is 4.74 Å². The van der Waals surface area contributed by atoms with E-state index in [0.717, 1.165) is 6.42 Å². The van der Waals surface area contributed by atoms with Crippen molar-refractivity contribution in [1.29, 1.82) is 0 Å². The van der Waals surface area contributed by atoms with Crippen LogP contribution in [0.25, 0.3) is 11.3 Å². The number of aromatic nitrogens is 3. The molecule has 2 N–H and O–H groups in total. The molecule has 3 aliphatic heterocycles. The number of hydrogen-bond donors (Lipinski definition) is 1. The van der Waals surface area contributed by atoms with Crippen LogP contribution in [0.2, 0.25) is 0 Å². The molecule has 0 amide bonds. The predicted octanol–water partition coefficient (Wildman–Crippen LogP) is 2.79. The summed E-state index contributed by atoms with van der Waals surface area (Å²) in [5.41, 5.74) is 6.48. The molecule has 2 aromatic heterocycles. The van der Waals surface area contributed by atoms with Crippen LogP contribution in [0.5, 0.6) is 5.75 Å². The minimum atomic E-state index is -3.05. The van der Waals surface area contributed by atoms with E-state index < -0.39 is 19.0 Å². The van der Waals surface area contributed by atoms with Gasteiger partial charge >= 0.3 is 6.61 Å². The Bertz CT molecular complexity index is 997. The number of halogens is 4. The summed E-state index contributed by atoms with van der Waals surface area (Å²) in [6.45, 7) is -1.24. The maximum Gasteiger partial charge on any atom is 0.387 e. The Morgan fingerprint density at radius 2 is 2.00 bits per heavy atom. The number of fused-ring (bicyclic) bond motifs is 2. The first-order valence-electron chi connectivity index (χ1n) is 10.4. The molecule has 32 heavy (non-hydrogen) atoms. The SMILES string of the molecule is Nc1ncc(-c2cc(N3C[C@@H]4C[C@H]3CO4)nc(N3CCC(C(F)F)C3)n2)cc1OC(F)F. The fourth-order valence-electron chi connectivity index (χ4n) is 4.50. The first kappa shape index (κ1) is 21.0. The molecule has 172 valence electrons. The van der Waals surface area contributed by atoms with Crippen LogP contribution in [0.4, 0.5) is 35.1 Å². The first-order valence-corrected chi connectivity index (χ1v) is 10.4. The second kappa shape index (κ2) is 8.23. The third kappa shape index (κ3) is 3.98. The summed E-state index contributed by atoms with van der Waals surface area (Å²) in [5.74, 6) is -0.221. The lowest BCUT2D eigenvalue weighted by Crippen LogP contribution is -2.38. The average molecular weight is 454 g/mol. The molecule has 2 aromatic rings. The summed E-state index contributed by atoms with van der Waals surface area (Å²) < 4.78 is 62.0. The highest BCUT2D eigenvalue weighted by molar-refractivity contribution is 5.68. The third-order valence-electron chi connectivity index (χ3n) is 6.15. The first-order chi connectivity index (χ1) is 15.4. The van der Waals surface area contributed by atoms with Gasteiger partial charge in [0.05, 0.1) is 24.4 Å². The van der Waals surface area contributed by atoms with E-state index in [9.17, 15) is 17.6 Å². The molecule has 0 aromatic carbocycles. The maximum absolute atomic E-state index is 13.2. The molecule has 3 atom stereocenters. The number of nitrogen functional groups attached to an aromatic ring is 1. The fraction of sp³-hybridized carbons (Fsp3) is 0.550. The van der Waals surface area contributed by atoms with E-state index in [1.54, 1.807) is 11.0 Å². The van der Waals surface area contributed by atoms with E-state index in [4.69, 9.17) is 10.5 Å². The monoisotopic (exact) mass is 454 g/mol. The highest BCUT2D eigenvalue weighted by atomic mass is 19.3. The number of anilines is 3. The quantitative estimate of drug-likeness (QED) is 0.667. The summed E-state index contributed by atoms with van der Waals surface area (Å²) in [5, 5.41) is 0. The number of alkyl halides is 4. The predicted molar refractivity (Wildman–Crippen MR) is 108 cm³/mol. The Kier molecular flexibility index (Phi) is 5.39. The highest BCUT2D eigenvalue weighted by Crippen LogP contribution is 2.36. The second-order valence-corrected chi connectivity index (χ2v) is 8.22. The Labute approximate surface area is 181 Å². The number of hydrogen-bond acceptors (Lipinski definition) is 8. The van der Waals surface area contributed by atoms with Crippen molar-refractivity contribution in [2.45, 2.75) is 38.0 Å². The van der Waals surface area contributed by atoms with Gasteiger partial charge in [-0.05, 0) is 18.9 Å². The second-order valence-electron chi connectivity index (χ2n) is 8.22. The third-order valence-corrected chi connectivity index (χ3v) is 6.15. The van der Waals surface area contributed by atoms with Crippen LogP contribution in [0.15, 0.2) is 18.3 Å². The summed E-state index contributed by atoms with van der Waals surface area (Å²) in [7, 11) is 0. The van der Waals surface area contributed by atoms with E-state index in [-0.39, 0.29) is 30.3 Å². The van der Waals surface area contributed by atoms with Gasteiger partial charge in [-0.15, -0.1) is 0 Å². The van der Waals surface area contributed by atoms with Gasteiger partial charge in [0.15, 0.2) is 11.6 Å². The van der Waals surface area contributed by atoms with Crippen LogP contribution < -0.4 is 20.3 Å². The molecule has 2 bridgehead atoms. The molecule has 0 radical (unpaired) electrons. The number of morpholine rings is 1. The number of nitrogens with zero attached hydrogens (tertiary/aromatic N) is 5. The zero-order chi connectivity index (χ0) is 22.4. The van der Waals surface area contributed by atoms with E-state index in [0.29, 0.717) is 49.1 Å². The number of ether oxygens (including phenoxy) is 2. The molecule has 1 unspecified atom stereocenters. The molecule has 8 nitrogen and oxygen atoms in total. The molecule has 3 aliphatic rings. The van der Waals surface area contributed by atoms with Gasteiger partial charge in [-0.2, -0.15) is 13.8 Å².